The molecule has 0 aliphatic heterocycles. The van der Waals surface area contributed by atoms with Crippen LogP contribution in [0.25, 0.3) is 0 Å². The summed E-state index contributed by atoms with van der Waals surface area (Å²) >= 11 is 0. The summed E-state index contributed by atoms with van der Waals surface area (Å²) in [6.07, 6.45) is 0.547. The highest BCUT2D eigenvalue weighted by Gasteiger charge is 2.51. The standard InChI is InChI=1S/C13H18O10/c1-2-3-4-5(9(14)15)6(10(16)17)7(11(18)19)8(12(20)21)13(22)23/h5-8H,2-4H2,1H3,(H,14,15)(H,16,17)(H,18,19)(H,20,21)(H,22,23). The molecule has 10 nitrogen and oxygen atoms in total. The van der Waals surface area contributed by atoms with Crippen LogP contribution in [-0.2, 0) is 24.0 Å². The maximum atomic E-state index is 11.4. The molecule has 0 aromatic carbocycles. The molecule has 130 valence electrons. The monoisotopic (exact) mass is 334 g/mol. The molecule has 0 bridgehead atoms. The molecule has 0 rings (SSSR count). The van der Waals surface area contributed by atoms with Crippen LogP contribution < -0.4 is 0 Å². The van der Waals surface area contributed by atoms with Crippen molar-refractivity contribution in [2.75, 3.05) is 0 Å². The van der Waals surface area contributed by atoms with Crippen LogP contribution in [0.2, 0.25) is 0 Å². The number of rotatable bonds is 11. The first-order valence-electron chi connectivity index (χ1n) is 6.70. The highest BCUT2D eigenvalue weighted by molar-refractivity contribution is 5.99. The van der Waals surface area contributed by atoms with E-state index in [2.05, 4.69) is 0 Å². The first kappa shape index (κ1) is 20.3. The van der Waals surface area contributed by atoms with Crippen LogP contribution >= 0.6 is 0 Å². The Morgan fingerprint density at radius 3 is 1.39 bits per heavy atom. The van der Waals surface area contributed by atoms with Crippen LogP contribution in [0.5, 0.6) is 0 Å². The second kappa shape index (κ2) is 8.71. The van der Waals surface area contributed by atoms with Crippen molar-refractivity contribution >= 4 is 29.8 Å². The first-order valence-corrected chi connectivity index (χ1v) is 6.70. The van der Waals surface area contributed by atoms with E-state index in [1.807, 2.05) is 0 Å². The van der Waals surface area contributed by atoms with Crippen LogP contribution in [0.1, 0.15) is 26.2 Å². The lowest BCUT2D eigenvalue weighted by Gasteiger charge is -2.27. The summed E-state index contributed by atoms with van der Waals surface area (Å²) in [7, 11) is 0. The minimum atomic E-state index is -2.57. The molecule has 0 aromatic rings. The van der Waals surface area contributed by atoms with Crippen molar-refractivity contribution in [3.8, 4) is 0 Å². The minimum Gasteiger partial charge on any atom is -0.481 e. The minimum absolute atomic E-state index is 0.210. The fourth-order valence-electron chi connectivity index (χ4n) is 2.37. The van der Waals surface area contributed by atoms with Gasteiger partial charge in [-0.05, 0) is 6.42 Å². The number of hydrogen-bond acceptors (Lipinski definition) is 5. The Morgan fingerprint density at radius 2 is 1.13 bits per heavy atom. The highest BCUT2D eigenvalue weighted by Crippen LogP contribution is 2.32. The van der Waals surface area contributed by atoms with Crippen molar-refractivity contribution in [2.24, 2.45) is 23.7 Å². The molecule has 10 heteroatoms. The number of unbranched alkanes of at least 4 members (excludes halogenated alkanes) is 1. The summed E-state index contributed by atoms with van der Waals surface area (Å²) in [5, 5.41) is 45.3. The predicted molar refractivity (Wildman–Crippen MR) is 71.7 cm³/mol. The van der Waals surface area contributed by atoms with E-state index >= 15 is 0 Å². The van der Waals surface area contributed by atoms with Gasteiger partial charge in [-0.25, -0.2) is 0 Å². The molecule has 0 aliphatic rings. The molecule has 0 spiro atoms. The average molecular weight is 334 g/mol. The third-order valence-electron chi connectivity index (χ3n) is 3.47. The van der Waals surface area contributed by atoms with E-state index in [1.165, 1.54) is 0 Å². The molecular weight excluding hydrogens is 316 g/mol. The quantitative estimate of drug-likeness (QED) is 0.323. The molecule has 23 heavy (non-hydrogen) atoms. The number of hydrogen-bond donors (Lipinski definition) is 5. The molecule has 0 radical (unpaired) electrons. The van der Waals surface area contributed by atoms with E-state index < -0.39 is 53.5 Å². The lowest BCUT2D eigenvalue weighted by atomic mass is 9.73. The Hall–Kier alpha value is -2.65. The van der Waals surface area contributed by atoms with Gasteiger partial charge in [0.05, 0.1) is 17.8 Å². The Balaban J connectivity index is 6.03. The topological polar surface area (TPSA) is 186 Å². The van der Waals surface area contributed by atoms with Crippen molar-refractivity contribution in [1.29, 1.82) is 0 Å². The predicted octanol–water partition coefficient (Wildman–Crippen LogP) is 0.0644. The zero-order valence-corrected chi connectivity index (χ0v) is 12.2. The first-order chi connectivity index (χ1) is 10.6. The summed E-state index contributed by atoms with van der Waals surface area (Å²) in [5.74, 6) is -18.5. The van der Waals surface area contributed by atoms with Crippen LogP contribution in [0.4, 0.5) is 0 Å². The number of aliphatic carboxylic acids is 5. The van der Waals surface area contributed by atoms with E-state index in [-0.39, 0.29) is 12.8 Å². The fourth-order valence-corrected chi connectivity index (χ4v) is 2.37. The zero-order valence-electron chi connectivity index (χ0n) is 12.2. The van der Waals surface area contributed by atoms with Gasteiger partial charge in [0.25, 0.3) is 0 Å². The van der Waals surface area contributed by atoms with Crippen molar-refractivity contribution < 1.29 is 49.5 Å². The lowest BCUT2D eigenvalue weighted by molar-refractivity contribution is -0.174. The maximum absolute atomic E-state index is 11.4. The Morgan fingerprint density at radius 1 is 0.696 bits per heavy atom. The van der Waals surface area contributed by atoms with E-state index in [4.69, 9.17) is 20.4 Å². The Kier molecular flexibility index (Phi) is 7.71. The molecule has 5 N–H and O–H groups in total. The van der Waals surface area contributed by atoms with Crippen molar-refractivity contribution in [2.45, 2.75) is 26.2 Å². The summed E-state index contributed by atoms with van der Waals surface area (Å²) < 4.78 is 0. The average Bonchev–Trinajstić information content (AvgIpc) is 2.39. The van der Waals surface area contributed by atoms with Gasteiger partial charge in [-0.1, -0.05) is 19.8 Å². The van der Waals surface area contributed by atoms with E-state index in [0.29, 0.717) is 6.42 Å². The van der Waals surface area contributed by atoms with Gasteiger partial charge in [-0.2, -0.15) is 0 Å². The molecule has 3 unspecified atom stereocenters. The number of carboxylic acids is 5. The zero-order chi connectivity index (χ0) is 18.3. The molecule has 0 aliphatic carbocycles. The van der Waals surface area contributed by atoms with Gasteiger partial charge in [0.1, 0.15) is 0 Å². The Bertz CT molecular complexity index is 483. The molecule has 0 amide bonds. The summed E-state index contributed by atoms with van der Waals surface area (Å²) in [4.78, 5) is 56.1. The Labute approximate surface area is 130 Å². The largest absolute Gasteiger partial charge is 0.481 e. The molecule has 0 saturated heterocycles. The second-order valence-electron chi connectivity index (χ2n) is 4.97. The van der Waals surface area contributed by atoms with Gasteiger partial charge in [0, 0.05) is 0 Å². The van der Waals surface area contributed by atoms with Gasteiger partial charge in [-0.15, -0.1) is 0 Å². The fraction of sp³-hybridized carbons (Fsp3) is 0.615. The van der Waals surface area contributed by atoms with E-state index in [0.717, 1.165) is 0 Å². The number of carbonyl (C=O) groups is 5. The van der Waals surface area contributed by atoms with Gasteiger partial charge in [0.15, 0.2) is 5.92 Å². The van der Waals surface area contributed by atoms with Crippen molar-refractivity contribution in [3.05, 3.63) is 0 Å². The smallest absolute Gasteiger partial charge is 0.318 e. The van der Waals surface area contributed by atoms with Gasteiger partial charge < -0.3 is 25.5 Å². The van der Waals surface area contributed by atoms with E-state index in [1.54, 1.807) is 6.92 Å². The molecule has 0 heterocycles. The summed E-state index contributed by atoms with van der Waals surface area (Å²) in [6, 6.07) is 0. The third-order valence-corrected chi connectivity index (χ3v) is 3.47. The highest BCUT2D eigenvalue weighted by atomic mass is 16.4. The number of carboxylic acid groups (broad SMARTS) is 5. The normalized spacial score (nSPS) is 14.7. The molecular formula is C13H18O10. The SMILES string of the molecule is CCCCC(C(=O)O)C(C(=O)O)C(C(=O)O)C(C(=O)O)C(=O)O. The molecule has 0 fully saturated rings. The van der Waals surface area contributed by atoms with Gasteiger partial charge in [-0.3, -0.25) is 24.0 Å². The van der Waals surface area contributed by atoms with Crippen LogP contribution in [0, 0.1) is 23.7 Å². The van der Waals surface area contributed by atoms with Crippen LogP contribution in [-0.4, -0.2) is 55.4 Å². The van der Waals surface area contributed by atoms with Crippen molar-refractivity contribution in [3.63, 3.8) is 0 Å². The van der Waals surface area contributed by atoms with Crippen LogP contribution in [0.3, 0.4) is 0 Å². The second-order valence-corrected chi connectivity index (χ2v) is 4.97. The maximum Gasteiger partial charge on any atom is 0.318 e. The van der Waals surface area contributed by atoms with Gasteiger partial charge in [0.2, 0.25) is 0 Å². The summed E-state index contributed by atoms with van der Waals surface area (Å²) in [6.45, 7) is 1.70. The van der Waals surface area contributed by atoms with E-state index in [9.17, 15) is 29.1 Å². The van der Waals surface area contributed by atoms with Crippen LogP contribution in [0.15, 0.2) is 0 Å². The molecule has 0 aromatic heterocycles. The lowest BCUT2D eigenvalue weighted by Crippen LogP contribution is -2.47. The van der Waals surface area contributed by atoms with Gasteiger partial charge >= 0.3 is 29.8 Å². The van der Waals surface area contributed by atoms with Crippen molar-refractivity contribution in [1.82, 2.24) is 0 Å². The third kappa shape index (κ3) is 5.24. The molecule has 0 saturated carbocycles. The summed E-state index contributed by atoms with van der Waals surface area (Å²) in [5.41, 5.74) is 0. The molecule has 3 atom stereocenters.